The smallest absolute Gasteiger partial charge is 0.242 e. The largest absolute Gasteiger partial charge is 0.372 e. The summed E-state index contributed by atoms with van der Waals surface area (Å²) in [6.45, 7) is 10.7. The molecule has 0 radical (unpaired) electrons. The van der Waals surface area contributed by atoms with Gasteiger partial charge in [-0.05, 0) is 27.7 Å². The molecule has 1 fully saturated rings. The molecule has 6 nitrogen and oxygen atoms in total. The molecule has 0 bridgehead atoms. The maximum absolute atomic E-state index is 12.5. The Labute approximate surface area is 126 Å². The first kappa shape index (κ1) is 16.0. The number of ether oxygens (including phenoxy) is 2. The lowest BCUT2D eigenvalue weighted by atomic mass is 10.1. The third-order valence-electron chi connectivity index (χ3n) is 3.61. The fourth-order valence-corrected chi connectivity index (χ4v) is 2.61. The predicted octanol–water partition coefficient (Wildman–Crippen LogP) is 1.62. The zero-order valence-corrected chi connectivity index (χ0v) is 13.3. The van der Waals surface area contributed by atoms with Gasteiger partial charge in [-0.15, -0.1) is 0 Å². The van der Waals surface area contributed by atoms with Crippen molar-refractivity contribution in [1.82, 2.24) is 14.5 Å². The topological polar surface area (TPSA) is 56.6 Å². The first-order chi connectivity index (χ1) is 9.93. The SMILES string of the molecule is CCOC(C)c1nccn1CC(=O)N1CCOC(C)(C)C1. The summed E-state index contributed by atoms with van der Waals surface area (Å²) in [6, 6.07) is 0. The molecule has 1 saturated heterocycles. The Morgan fingerprint density at radius 1 is 1.57 bits per heavy atom. The number of aromatic nitrogens is 2. The van der Waals surface area contributed by atoms with E-state index >= 15 is 0 Å². The first-order valence-electron chi connectivity index (χ1n) is 7.47. The summed E-state index contributed by atoms with van der Waals surface area (Å²) in [5, 5.41) is 0. The second kappa shape index (κ2) is 6.58. The van der Waals surface area contributed by atoms with Crippen molar-refractivity contribution in [3.05, 3.63) is 18.2 Å². The van der Waals surface area contributed by atoms with Crippen LogP contribution in [0.2, 0.25) is 0 Å². The van der Waals surface area contributed by atoms with Crippen molar-refractivity contribution in [3.8, 4) is 0 Å². The number of carbonyl (C=O) groups excluding carboxylic acids is 1. The van der Waals surface area contributed by atoms with Gasteiger partial charge in [-0.3, -0.25) is 4.79 Å². The number of amides is 1. The zero-order valence-electron chi connectivity index (χ0n) is 13.3. The molecule has 1 atom stereocenters. The Balaban J connectivity index is 2.01. The van der Waals surface area contributed by atoms with E-state index in [9.17, 15) is 4.79 Å². The first-order valence-corrected chi connectivity index (χ1v) is 7.47. The molecule has 1 unspecified atom stereocenters. The highest BCUT2D eigenvalue weighted by atomic mass is 16.5. The number of rotatable bonds is 5. The number of hydrogen-bond acceptors (Lipinski definition) is 4. The summed E-state index contributed by atoms with van der Waals surface area (Å²) in [5.74, 6) is 0.882. The molecule has 21 heavy (non-hydrogen) atoms. The van der Waals surface area contributed by atoms with Crippen LogP contribution in [0.25, 0.3) is 0 Å². The fraction of sp³-hybridized carbons (Fsp3) is 0.733. The molecular formula is C15H25N3O3. The zero-order chi connectivity index (χ0) is 15.5. The highest BCUT2D eigenvalue weighted by Crippen LogP contribution is 2.18. The molecule has 1 aromatic heterocycles. The summed E-state index contributed by atoms with van der Waals surface area (Å²) in [7, 11) is 0. The Bertz CT molecular complexity index is 484. The van der Waals surface area contributed by atoms with E-state index in [1.54, 1.807) is 6.20 Å². The van der Waals surface area contributed by atoms with Gasteiger partial charge >= 0.3 is 0 Å². The maximum Gasteiger partial charge on any atom is 0.242 e. The van der Waals surface area contributed by atoms with Gasteiger partial charge in [-0.2, -0.15) is 0 Å². The summed E-state index contributed by atoms with van der Waals surface area (Å²) < 4.78 is 13.1. The van der Waals surface area contributed by atoms with Gasteiger partial charge in [0, 0.05) is 32.1 Å². The van der Waals surface area contributed by atoms with Gasteiger partial charge in [-0.25, -0.2) is 4.98 Å². The van der Waals surface area contributed by atoms with Crippen LogP contribution in [0, 0.1) is 0 Å². The number of morpholine rings is 1. The molecule has 0 aromatic carbocycles. The van der Waals surface area contributed by atoms with Crippen molar-refractivity contribution in [1.29, 1.82) is 0 Å². The molecule has 1 aromatic rings. The van der Waals surface area contributed by atoms with Crippen molar-refractivity contribution in [2.75, 3.05) is 26.3 Å². The highest BCUT2D eigenvalue weighted by Gasteiger charge is 2.30. The van der Waals surface area contributed by atoms with Crippen LogP contribution in [0.15, 0.2) is 12.4 Å². The quantitative estimate of drug-likeness (QED) is 0.828. The van der Waals surface area contributed by atoms with E-state index in [0.717, 1.165) is 5.82 Å². The molecule has 1 aliphatic rings. The van der Waals surface area contributed by atoms with Gasteiger partial charge in [0.15, 0.2) is 0 Å². The lowest BCUT2D eigenvalue weighted by Crippen LogP contribution is -2.51. The number of imidazole rings is 1. The number of nitrogens with zero attached hydrogens (tertiary/aromatic N) is 3. The molecule has 2 rings (SSSR count). The summed E-state index contributed by atoms with van der Waals surface area (Å²) in [5.41, 5.74) is -0.274. The molecule has 1 amide bonds. The minimum atomic E-state index is -0.274. The average Bonchev–Trinajstić information content (AvgIpc) is 2.86. The molecule has 1 aliphatic heterocycles. The van der Waals surface area contributed by atoms with E-state index in [-0.39, 0.29) is 17.6 Å². The molecule has 0 spiro atoms. The fourth-order valence-electron chi connectivity index (χ4n) is 2.61. The molecule has 0 saturated carbocycles. The van der Waals surface area contributed by atoms with Gasteiger partial charge in [-0.1, -0.05) is 0 Å². The van der Waals surface area contributed by atoms with Crippen molar-refractivity contribution in [2.45, 2.75) is 45.9 Å². The van der Waals surface area contributed by atoms with Gasteiger partial charge < -0.3 is 18.9 Å². The second-order valence-electron chi connectivity index (χ2n) is 5.93. The number of carbonyl (C=O) groups is 1. The Morgan fingerprint density at radius 3 is 3.00 bits per heavy atom. The normalized spacial score (nSPS) is 19.5. The average molecular weight is 295 g/mol. The van der Waals surface area contributed by atoms with E-state index in [1.165, 1.54) is 0 Å². The lowest BCUT2D eigenvalue weighted by Gasteiger charge is -2.38. The van der Waals surface area contributed by atoms with Crippen LogP contribution < -0.4 is 0 Å². The molecule has 6 heteroatoms. The molecule has 2 heterocycles. The molecule has 118 valence electrons. The molecule has 0 N–H and O–H groups in total. The van der Waals surface area contributed by atoms with Crippen molar-refractivity contribution in [2.24, 2.45) is 0 Å². The van der Waals surface area contributed by atoms with E-state index in [1.807, 2.05) is 43.4 Å². The van der Waals surface area contributed by atoms with Gasteiger partial charge in [0.25, 0.3) is 0 Å². The number of hydrogen-bond donors (Lipinski definition) is 0. The van der Waals surface area contributed by atoms with Crippen LogP contribution in [-0.4, -0.2) is 52.3 Å². The third kappa shape index (κ3) is 4.04. The molecule has 0 aliphatic carbocycles. The minimum Gasteiger partial charge on any atom is -0.372 e. The third-order valence-corrected chi connectivity index (χ3v) is 3.61. The standard InChI is InChI=1S/C15H25N3O3/c1-5-20-12(2)14-16-6-7-17(14)10-13(19)18-8-9-21-15(3,4)11-18/h6-7,12H,5,8-11H2,1-4H3. The second-order valence-corrected chi connectivity index (χ2v) is 5.93. The van der Waals surface area contributed by atoms with Crippen molar-refractivity contribution >= 4 is 5.91 Å². The van der Waals surface area contributed by atoms with Crippen LogP contribution in [-0.2, 0) is 20.8 Å². The van der Waals surface area contributed by atoms with E-state index < -0.39 is 0 Å². The highest BCUT2D eigenvalue weighted by molar-refractivity contribution is 5.76. The Kier molecular flexibility index (Phi) is 5.00. The van der Waals surface area contributed by atoms with Crippen LogP contribution in [0.3, 0.4) is 0 Å². The lowest BCUT2D eigenvalue weighted by molar-refractivity contribution is -0.146. The Morgan fingerprint density at radius 2 is 2.33 bits per heavy atom. The van der Waals surface area contributed by atoms with E-state index in [2.05, 4.69) is 4.98 Å². The van der Waals surface area contributed by atoms with Gasteiger partial charge in [0.2, 0.25) is 5.91 Å². The monoisotopic (exact) mass is 295 g/mol. The van der Waals surface area contributed by atoms with E-state index in [0.29, 0.717) is 32.8 Å². The van der Waals surface area contributed by atoms with Gasteiger partial charge in [0.1, 0.15) is 18.5 Å². The summed E-state index contributed by atoms with van der Waals surface area (Å²) in [4.78, 5) is 18.6. The van der Waals surface area contributed by atoms with Crippen molar-refractivity contribution < 1.29 is 14.3 Å². The van der Waals surface area contributed by atoms with Gasteiger partial charge in [0.05, 0.1) is 12.2 Å². The van der Waals surface area contributed by atoms with Crippen LogP contribution in [0.4, 0.5) is 0 Å². The summed E-state index contributed by atoms with van der Waals surface area (Å²) >= 11 is 0. The predicted molar refractivity (Wildman–Crippen MR) is 78.9 cm³/mol. The maximum atomic E-state index is 12.5. The van der Waals surface area contributed by atoms with Crippen LogP contribution >= 0.6 is 0 Å². The molecular weight excluding hydrogens is 270 g/mol. The Hall–Kier alpha value is -1.40. The van der Waals surface area contributed by atoms with Crippen LogP contribution in [0.5, 0.6) is 0 Å². The van der Waals surface area contributed by atoms with E-state index in [4.69, 9.17) is 9.47 Å². The minimum absolute atomic E-state index is 0.0920. The van der Waals surface area contributed by atoms with Crippen molar-refractivity contribution in [3.63, 3.8) is 0 Å². The summed E-state index contributed by atoms with van der Waals surface area (Å²) in [6.07, 6.45) is 3.43. The van der Waals surface area contributed by atoms with Crippen LogP contribution in [0.1, 0.15) is 39.6 Å².